The van der Waals surface area contributed by atoms with E-state index in [-0.39, 0.29) is 5.92 Å². The molecule has 5 nitrogen and oxygen atoms in total. The third-order valence-corrected chi connectivity index (χ3v) is 4.21. The molecule has 0 bridgehead atoms. The minimum atomic E-state index is 0.289. The lowest BCUT2D eigenvalue weighted by Crippen LogP contribution is -2.40. The van der Waals surface area contributed by atoms with E-state index < -0.39 is 0 Å². The van der Waals surface area contributed by atoms with Gasteiger partial charge < -0.3 is 15.0 Å². The molecule has 1 aliphatic heterocycles. The van der Waals surface area contributed by atoms with Crippen LogP contribution in [0, 0.1) is 6.92 Å². The monoisotopic (exact) mass is 292 g/mol. The van der Waals surface area contributed by atoms with E-state index in [4.69, 9.17) is 4.74 Å². The summed E-state index contributed by atoms with van der Waals surface area (Å²) in [6, 6.07) is 0.494. The molecule has 0 radical (unpaired) electrons. The van der Waals surface area contributed by atoms with Crippen molar-refractivity contribution < 1.29 is 4.74 Å². The van der Waals surface area contributed by atoms with Crippen LogP contribution in [-0.2, 0) is 0 Å². The Morgan fingerprint density at radius 1 is 1.33 bits per heavy atom. The minimum absolute atomic E-state index is 0.289. The van der Waals surface area contributed by atoms with Gasteiger partial charge in [0.15, 0.2) is 0 Å². The van der Waals surface area contributed by atoms with E-state index in [1.165, 1.54) is 19.3 Å². The molecule has 118 valence electrons. The van der Waals surface area contributed by atoms with Crippen LogP contribution in [0.3, 0.4) is 0 Å². The topological polar surface area (TPSA) is 50.3 Å². The fourth-order valence-electron chi connectivity index (χ4n) is 2.68. The fourth-order valence-corrected chi connectivity index (χ4v) is 2.68. The highest BCUT2D eigenvalue weighted by molar-refractivity contribution is 5.48. The van der Waals surface area contributed by atoms with Crippen LogP contribution in [0.2, 0.25) is 0 Å². The van der Waals surface area contributed by atoms with Crippen molar-refractivity contribution in [2.75, 3.05) is 32.6 Å². The number of likely N-dealkylation sites (N-methyl/N-ethyl adjacent to an activating group) is 1. The van der Waals surface area contributed by atoms with E-state index in [2.05, 4.69) is 41.1 Å². The van der Waals surface area contributed by atoms with Gasteiger partial charge in [0.1, 0.15) is 18.2 Å². The van der Waals surface area contributed by atoms with E-state index in [9.17, 15) is 0 Å². The largest absolute Gasteiger partial charge is 0.476 e. The van der Waals surface area contributed by atoms with Crippen LogP contribution in [0.1, 0.15) is 50.4 Å². The second kappa shape index (κ2) is 7.07. The summed E-state index contributed by atoms with van der Waals surface area (Å²) in [6.07, 6.45) is 3.79. The highest BCUT2D eigenvalue weighted by atomic mass is 16.5. The Labute approximate surface area is 128 Å². The van der Waals surface area contributed by atoms with E-state index in [1.807, 2.05) is 14.0 Å². The van der Waals surface area contributed by atoms with Gasteiger partial charge in [0.25, 0.3) is 0 Å². The van der Waals surface area contributed by atoms with Crippen molar-refractivity contribution in [1.82, 2.24) is 14.9 Å². The highest BCUT2D eigenvalue weighted by Crippen LogP contribution is 2.25. The summed E-state index contributed by atoms with van der Waals surface area (Å²) in [6.45, 7) is 8.08. The number of rotatable bonds is 5. The van der Waals surface area contributed by atoms with Gasteiger partial charge in [-0.1, -0.05) is 20.3 Å². The Bertz CT molecular complexity index is 476. The van der Waals surface area contributed by atoms with E-state index in [0.717, 1.165) is 29.6 Å². The number of piperidine rings is 1. The summed E-state index contributed by atoms with van der Waals surface area (Å²) < 4.78 is 6.05. The zero-order valence-electron chi connectivity index (χ0n) is 13.9. The number of anilines is 1. The Morgan fingerprint density at radius 3 is 2.71 bits per heavy atom. The summed E-state index contributed by atoms with van der Waals surface area (Å²) in [4.78, 5) is 11.5. The van der Waals surface area contributed by atoms with Crippen LogP contribution in [0.4, 0.5) is 5.82 Å². The first-order chi connectivity index (χ1) is 10.0. The van der Waals surface area contributed by atoms with E-state index >= 15 is 0 Å². The molecule has 0 aliphatic carbocycles. The maximum absolute atomic E-state index is 6.05. The number of ether oxygens (including phenoxy) is 1. The van der Waals surface area contributed by atoms with Crippen LogP contribution in [0.25, 0.3) is 0 Å². The van der Waals surface area contributed by atoms with Gasteiger partial charge in [-0.15, -0.1) is 0 Å². The van der Waals surface area contributed by atoms with Gasteiger partial charge in [-0.25, -0.2) is 4.98 Å². The average molecular weight is 292 g/mol. The lowest BCUT2D eigenvalue weighted by Gasteiger charge is -2.32. The normalized spacial score (nSPS) is 19.8. The standard InChI is InChI=1S/C16H28N4O/c1-11(2)14-18-15(17-4)12(3)16(19-14)21-10-13-8-6-7-9-20(13)5/h11,13H,6-10H2,1-5H3,(H,17,18,19). The molecule has 1 fully saturated rings. The van der Waals surface area contributed by atoms with Crippen molar-refractivity contribution in [1.29, 1.82) is 0 Å². The summed E-state index contributed by atoms with van der Waals surface area (Å²) in [5.41, 5.74) is 0.986. The van der Waals surface area contributed by atoms with Crippen molar-refractivity contribution in [2.45, 2.75) is 52.0 Å². The molecule has 21 heavy (non-hydrogen) atoms. The molecule has 0 spiro atoms. The number of likely N-dealkylation sites (tertiary alicyclic amines) is 1. The predicted octanol–water partition coefficient (Wildman–Crippen LogP) is 2.81. The SMILES string of the molecule is CNc1nc(C(C)C)nc(OCC2CCCCN2C)c1C. The first-order valence-electron chi connectivity index (χ1n) is 7.92. The molecule has 5 heteroatoms. The summed E-state index contributed by atoms with van der Waals surface area (Å²) >= 11 is 0. The molecule has 1 aromatic heterocycles. The molecule has 0 amide bonds. The van der Waals surface area contributed by atoms with Crippen LogP contribution in [0.5, 0.6) is 5.88 Å². The first-order valence-corrected chi connectivity index (χ1v) is 7.92. The molecule has 1 saturated heterocycles. The second-order valence-corrected chi connectivity index (χ2v) is 6.21. The smallest absolute Gasteiger partial charge is 0.221 e. The molecule has 1 aliphatic rings. The van der Waals surface area contributed by atoms with Crippen LogP contribution < -0.4 is 10.1 Å². The summed E-state index contributed by atoms with van der Waals surface area (Å²) in [7, 11) is 4.07. The van der Waals surface area contributed by atoms with Crippen molar-refractivity contribution in [3.05, 3.63) is 11.4 Å². The highest BCUT2D eigenvalue weighted by Gasteiger charge is 2.21. The van der Waals surface area contributed by atoms with Crippen molar-refractivity contribution in [3.63, 3.8) is 0 Å². The Morgan fingerprint density at radius 2 is 2.10 bits per heavy atom. The molecule has 1 atom stereocenters. The predicted molar refractivity (Wildman–Crippen MR) is 86.2 cm³/mol. The molecule has 1 unspecified atom stereocenters. The lowest BCUT2D eigenvalue weighted by atomic mass is 10.0. The van der Waals surface area contributed by atoms with Crippen molar-refractivity contribution in [2.24, 2.45) is 0 Å². The first kappa shape index (κ1) is 16.0. The number of aromatic nitrogens is 2. The molecule has 0 saturated carbocycles. The summed E-state index contributed by atoms with van der Waals surface area (Å²) in [5, 5.41) is 3.14. The van der Waals surface area contributed by atoms with Crippen LogP contribution in [-0.4, -0.2) is 48.2 Å². The minimum Gasteiger partial charge on any atom is -0.476 e. The van der Waals surface area contributed by atoms with Gasteiger partial charge >= 0.3 is 0 Å². The van der Waals surface area contributed by atoms with Gasteiger partial charge in [0.05, 0.1) is 5.56 Å². The fraction of sp³-hybridized carbons (Fsp3) is 0.750. The molecule has 2 rings (SSSR count). The average Bonchev–Trinajstić information content (AvgIpc) is 2.47. The third-order valence-electron chi connectivity index (χ3n) is 4.21. The second-order valence-electron chi connectivity index (χ2n) is 6.21. The van der Waals surface area contributed by atoms with E-state index in [1.54, 1.807) is 0 Å². The quantitative estimate of drug-likeness (QED) is 0.904. The maximum Gasteiger partial charge on any atom is 0.221 e. The van der Waals surface area contributed by atoms with Crippen molar-refractivity contribution >= 4 is 5.82 Å². The summed E-state index contributed by atoms with van der Waals surface area (Å²) in [5.74, 6) is 2.70. The number of nitrogens with one attached hydrogen (secondary N) is 1. The molecular weight excluding hydrogens is 264 g/mol. The van der Waals surface area contributed by atoms with Crippen LogP contribution >= 0.6 is 0 Å². The van der Waals surface area contributed by atoms with Gasteiger partial charge in [0.2, 0.25) is 5.88 Å². The Balaban J connectivity index is 2.12. The number of nitrogens with zero attached hydrogens (tertiary/aromatic N) is 3. The Kier molecular flexibility index (Phi) is 5.39. The maximum atomic E-state index is 6.05. The Hall–Kier alpha value is -1.36. The number of hydrogen-bond acceptors (Lipinski definition) is 5. The van der Waals surface area contributed by atoms with E-state index in [0.29, 0.717) is 12.6 Å². The molecule has 1 aromatic rings. The van der Waals surface area contributed by atoms with Gasteiger partial charge in [-0.05, 0) is 33.4 Å². The third kappa shape index (κ3) is 3.84. The molecule has 0 aromatic carbocycles. The zero-order valence-corrected chi connectivity index (χ0v) is 13.9. The molecule has 1 N–H and O–H groups in total. The van der Waals surface area contributed by atoms with Gasteiger partial charge in [-0.3, -0.25) is 0 Å². The van der Waals surface area contributed by atoms with Crippen molar-refractivity contribution in [3.8, 4) is 5.88 Å². The zero-order chi connectivity index (χ0) is 15.4. The van der Waals surface area contributed by atoms with Crippen LogP contribution in [0.15, 0.2) is 0 Å². The number of hydrogen-bond donors (Lipinski definition) is 1. The molecular formula is C16H28N4O. The lowest BCUT2D eigenvalue weighted by molar-refractivity contribution is 0.122. The molecule has 2 heterocycles. The van der Waals surface area contributed by atoms with Gasteiger partial charge in [-0.2, -0.15) is 4.98 Å². The van der Waals surface area contributed by atoms with Gasteiger partial charge in [0, 0.05) is 19.0 Å².